The number of aliphatic hydroxyl groups is 1. The van der Waals surface area contributed by atoms with Crippen molar-refractivity contribution >= 4 is 23.2 Å². The van der Waals surface area contributed by atoms with Crippen LogP contribution >= 0.6 is 11.6 Å². The molecule has 0 saturated carbocycles. The Labute approximate surface area is 132 Å². The minimum Gasteiger partial charge on any atom is -0.507 e. The minimum atomic E-state index is -0.693. The van der Waals surface area contributed by atoms with Crippen molar-refractivity contribution < 1.29 is 14.7 Å². The first-order valence-electron chi connectivity index (χ1n) is 7.88. The van der Waals surface area contributed by atoms with Crippen LogP contribution in [0.25, 0.3) is 0 Å². The van der Waals surface area contributed by atoms with Crippen LogP contribution in [0.3, 0.4) is 0 Å². The number of ketones is 2. The van der Waals surface area contributed by atoms with Crippen molar-refractivity contribution in [3.05, 3.63) is 21.9 Å². The number of aliphatic hydroxyl groups excluding tert-OH is 1. The summed E-state index contributed by atoms with van der Waals surface area (Å²) in [5.41, 5.74) is 0.545. The molecule has 0 bridgehead atoms. The molecule has 0 heterocycles. The quantitative estimate of drug-likeness (QED) is 0.370. The van der Waals surface area contributed by atoms with Crippen LogP contribution in [0.2, 0.25) is 0 Å². The zero-order valence-electron chi connectivity index (χ0n) is 13.0. The van der Waals surface area contributed by atoms with Gasteiger partial charge in [-0.1, -0.05) is 63.5 Å². The highest BCUT2D eigenvalue weighted by atomic mass is 35.5. The van der Waals surface area contributed by atoms with E-state index in [0.717, 1.165) is 19.3 Å². The molecule has 21 heavy (non-hydrogen) atoms. The molecule has 0 unspecified atom stereocenters. The Morgan fingerprint density at radius 3 is 2.00 bits per heavy atom. The van der Waals surface area contributed by atoms with E-state index in [-0.39, 0.29) is 16.4 Å². The largest absolute Gasteiger partial charge is 0.507 e. The number of halogens is 1. The number of hydrogen-bond donors (Lipinski definition) is 1. The summed E-state index contributed by atoms with van der Waals surface area (Å²) in [5.74, 6) is -1.44. The molecule has 0 amide bonds. The summed E-state index contributed by atoms with van der Waals surface area (Å²) in [4.78, 5) is 23.5. The van der Waals surface area contributed by atoms with Crippen molar-refractivity contribution in [3.8, 4) is 0 Å². The number of Topliss-reactive ketones (excluding diaryl/α,β-unsaturated/α-hetero) is 2. The van der Waals surface area contributed by atoms with Crippen LogP contribution in [0.15, 0.2) is 21.9 Å². The lowest BCUT2D eigenvalue weighted by Gasteiger charge is -2.15. The minimum absolute atomic E-state index is 0.104. The maximum Gasteiger partial charge on any atom is 0.245 e. The van der Waals surface area contributed by atoms with Crippen LogP contribution < -0.4 is 0 Å². The summed E-state index contributed by atoms with van der Waals surface area (Å²) < 4.78 is 0. The highest BCUT2D eigenvalue weighted by molar-refractivity contribution is 6.62. The van der Waals surface area contributed by atoms with Gasteiger partial charge < -0.3 is 5.11 Å². The molecule has 0 fully saturated rings. The fourth-order valence-corrected chi connectivity index (χ4v) is 2.69. The number of carbonyl (C=O) groups excluding carboxylic acids is 2. The third-order valence-electron chi connectivity index (χ3n) is 3.93. The van der Waals surface area contributed by atoms with Gasteiger partial charge >= 0.3 is 0 Å². The van der Waals surface area contributed by atoms with Crippen molar-refractivity contribution in [1.82, 2.24) is 0 Å². The zero-order chi connectivity index (χ0) is 15.8. The molecule has 0 atom stereocenters. The summed E-state index contributed by atoms with van der Waals surface area (Å²) in [7, 11) is 0. The Hall–Kier alpha value is -1.09. The first-order chi connectivity index (χ1) is 10.0. The number of unbranched alkanes of at least 4 members (excludes halogenated alkanes) is 7. The van der Waals surface area contributed by atoms with Crippen LogP contribution in [0.5, 0.6) is 0 Å². The summed E-state index contributed by atoms with van der Waals surface area (Å²) in [6.45, 7) is 3.76. The third-order valence-corrected chi connectivity index (χ3v) is 4.39. The van der Waals surface area contributed by atoms with Gasteiger partial charge in [-0.2, -0.15) is 0 Å². The van der Waals surface area contributed by atoms with Crippen molar-refractivity contribution in [1.29, 1.82) is 0 Å². The van der Waals surface area contributed by atoms with Crippen LogP contribution in [0.1, 0.15) is 71.6 Å². The van der Waals surface area contributed by atoms with Gasteiger partial charge in [0.05, 0.1) is 5.03 Å². The molecule has 0 aliphatic heterocycles. The first kappa shape index (κ1) is 18.0. The molecule has 1 aliphatic rings. The number of carbonyl (C=O) groups is 2. The molecule has 3 nitrogen and oxygen atoms in total. The molecule has 118 valence electrons. The lowest BCUT2D eigenvalue weighted by molar-refractivity contribution is -0.132. The summed E-state index contributed by atoms with van der Waals surface area (Å²) in [5, 5.41) is 9.80. The number of allylic oxidation sites excluding steroid dienone is 3. The van der Waals surface area contributed by atoms with E-state index in [2.05, 4.69) is 6.92 Å². The molecule has 0 radical (unpaired) electrons. The molecular weight excluding hydrogens is 288 g/mol. The SMILES string of the molecule is CCCCCCCCCCC1=C(O)C(C)=C(Cl)C(=O)C1=O. The van der Waals surface area contributed by atoms with Crippen LogP contribution in [0.4, 0.5) is 0 Å². The molecule has 0 saturated heterocycles. The Kier molecular flexibility index (Phi) is 7.73. The van der Waals surface area contributed by atoms with Crippen LogP contribution in [-0.4, -0.2) is 16.7 Å². The second-order valence-corrected chi connectivity index (χ2v) is 6.03. The highest BCUT2D eigenvalue weighted by Gasteiger charge is 2.31. The van der Waals surface area contributed by atoms with Gasteiger partial charge in [-0.05, 0) is 19.8 Å². The topological polar surface area (TPSA) is 54.4 Å². The fourth-order valence-electron chi connectivity index (χ4n) is 2.51. The molecular formula is C17H25ClO3. The van der Waals surface area contributed by atoms with E-state index >= 15 is 0 Å². The van der Waals surface area contributed by atoms with Crippen molar-refractivity contribution in [2.24, 2.45) is 0 Å². The molecule has 0 aromatic rings. The predicted molar refractivity (Wildman–Crippen MR) is 85.4 cm³/mol. The number of hydrogen-bond acceptors (Lipinski definition) is 3. The van der Waals surface area contributed by atoms with Gasteiger partial charge in [0.1, 0.15) is 5.76 Å². The lowest BCUT2D eigenvalue weighted by atomic mass is 9.91. The Morgan fingerprint density at radius 2 is 1.43 bits per heavy atom. The smallest absolute Gasteiger partial charge is 0.245 e. The van der Waals surface area contributed by atoms with Crippen LogP contribution in [-0.2, 0) is 9.59 Å². The van der Waals surface area contributed by atoms with Crippen molar-refractivity contribution in [3.63, 3.8) is 0 Å². The molecule has 1 rings (SSSR count). The van der Waals surface area contributed by atoms with Gasteiger partial charge in [-0.15, -0.1) is 0 Å². The monoisotopic (exact) mass is 312 g/mol. The first-order valence-corrected chi connectivity index (χ1v) is 8.26. The molecule has 0 aromatic carbocycles. The Balaban J connectivity index is 2.38. The molecule has 4 heteroatoms. The summed E-state index contributed by atoms with van der Waals surface area (Å²) in [6, 6.07) is 0. The zero-order valence-corrected chi connectivity index (χ0v) is 13.8. The van der Waals surface area contributed by atoms with E-state index in [0.29, 0.717) is 12.0 Å². The maximum atomic E-state index is 11.8. The average Bonchev–Trinajstić information content (AvgIpc) is 2.49. The van der Waals surface area contributed by atoms with Gasteiger partial charge in [0, 0.05) is 11.1 Å². The second kappa shape index (κ2) is 9.04. The maximum absolute atomic E-state index is 11.8. The van der Waals surface area contributed by atoms with E-state index < -0.39 is 11.6 Å². The van der Waals surface area contributed by atoms with Crippen LogP contribution in [0, 0.1) is 0 Å². The van der Waals surface area contributed by atoms with E-state index in [1.807, 2.05) is 0 Å². The van der Waals surface area contributed by atoms with Gasteiger partial charge in [-0.25, -0.2) is 0 Å². The lowest BCUT2D eigenvalue weighted by Crippen LogP contribution is -2.23. The summed E-state index contributed by atoms with van der Waals surface area (Å²) in [6.07, 6.45) is 9.72. The standard InChI is InChI=1S/C17H25ClO3/c1-3-4-5-6-7-8-9-10-11-13-15(19)12(2)14(18)17(21)16(13)20/h19H,3-11H2,1-2H3. The van der Waals surface area contributed by atoms with Gasteiger partial charge in [0.2, 0.25) is 11.6 Å². The van der Waals surface area contributed by atoms with Gasteiger partial charge in [0.15, 0.2) is 0 Å². The predicted octanol–water partition coefficient (Wildman–Crippen LogP) is 4.99. The summed E-state index contributed by atoms with van der Waals surface area (Å²) >= 11 is 5.73. The molecule has 0 aromatic heterocycles. The Bertz CT molecular complexity index is 461. The molecule has 1 aliphatic carbocycles. The average molecular weight is 313 g/mol. The normalized spacial score (nSPS) is 16.1. The van der Waals surface area contributed by atoms with E-state index in [9.17, 15) is 14.7 Å². The molecule has 1 N–H and O–H groups in total. The van der Waals surface area contributed by atoms with Gasteiger partial charge in [-0.3, -0.25) is 9.59 Å². The third kappa shape index (κ3) is 4.99. The van der Waals surface area contributed by atoms with E-state index in [1.54, 1.807) is 6.92 Å². The highest BCUT2D eigenvalue weighted by Crippen LogP contribution is 2.29. The van der Waals surface area contributed by atoms with Gasteiger partial charge in [0.25, 0.3) is 0 Å². The van der Waals surface area contributed by atoms with Crippen molar-refractivity contribution in [2.45, 2.75) is 71.6 Å². The number of rotatable bonds is 9. The second-order valence-electron chi connectivity index (χ2n) is 5.65. The fraction of sp³-hybridized carbons (Fsp3) is 0.647. The van der Waals surface area contributed by atoms with E-state index in [4.69, 9.17) is 11.6 Å². The molecule has 0 spiro atoms. The van der Waals surface area contributed by atoms with Crippen molar-refractivity contribution in [2.75, 3.05) is 0 Å². The Morgan fingerprint density at radius 1 is 0.905 bits per heavy atom. The van der Waals surface area contributed by atoms with E-state index in [1.165, 1.54) is 32.1 Å².